The van der Waals surface area contributed by atoms with E-state index < -0.39 is 0 Å². The highest BCUT2D eigenvalue weighted by molar-refractivity contribution is 5.90. The quantitative estimate of drug-likeness (QED) is 0.758. The monoisotopic (exact) mass is 307 g/mol. The zero-order chi connectivity index (χ0) is 16.1. The van der Waals surface area contributed by atoms with Gasteiger partial charge in [-0.05, 0) is 24.0 Å². The third kappa shape index (κ3) is 3.62. The van der Waals surface area contributed by atoms with Crippen molar-refractivity contribution in [2.45, 2.75) is 25.9 Å². The molecule has 0 aromatic heterocycles. The molecule has 0 heterocycles. The number of carbonyl (C=O) groups excluding carboxylic acids is 1. The summed E-state index contributed by atoms with van der Waals surface area (Å²) < 4.78 is 4.91. The second kappa shape index (κ2) is 7.14. The van der Waals surface area contributed by atoms with Crippen molar-refractivity contribution in [2.24, 2.45) is 0 Å². The molecule has 0 spiro atoms. The van der Waals surface area contributed by atoms with Crippen molar-refractivity contribution >= 4 is 5.97 Å². The molecule has 0 radical (unpaired) electrons. The summed E-state index contributed by atoms with van der Waals surface area (Å²) in [6.07, 6.45) is 1.74. The molecular weight excluding hydrogens is 286 g/mol. The lowest BCUT2D eigenvalue weighted by atomic mass is 9.92. The number of rotatable bonds is 6. The highest BCUT2D eigenvalue weighted by atomic mass is 16.5. The molecule has 3 nitrogen and oxygen atoms in total. The van der Waals surface area contributed by atoms with Crippen LogP contribution in [0.1, 0.15) is 24.0 Å². The van der Waals surface area contributed by atoms with Gasteiger partial charge >= 0.3 is 5.97 Å². The fraction of sp³-hybridized carbons (Fsp3) is 0.250. The van der Waals surface area contributed by atoms with E-state index in [1.54, 1.807) is 0 Å². The molecule has 23 heavy (non-hydrogen) atoms. The number of benzene rings is 2. The molecule has 0 bridgehead atoms. The Bertz CT molecular complexity index is 651. The van der Waals surface area contributed by atoms with Gasteiger partial charge in [0.15, 0.2) is 0 Å². The minimum atomic E-state index is -0.197. The van der Waals surface area contributed by atoms with Crippen LogP contribution in [-0.2, 0) is 22.6 Å². The molecule has 2 aromatic rings. The van der Waals surface area contributed by atoms with E-state index in [1.165, 1.54) is 18.2 Å². The Kier molecular flexibility index (Phi) is 4.77. The highest BCUT2D eigenvalue weighted by Crippen LogP contribution is 2.33. The summed E-state index contributed by atoms with van der Waals surface area (Å²) in [6, 6.07) is 20.7. The Balaban J connectivity index is 1.86. The summed E-state index contributed by atoms with van der Waals surface area (Å²) in [5, 5.41) is 0. The largest absolute Gasteiger partial charge is 0.466 e. The second-order valence-electron chi connectivity index (χ2n) is 5.74. The van der Waals surface area contributed by atoms with Crippen molar-refractivity contribution < 1.29 is 9.53 Å². The van der Waals surface area contributed by atoms with Crippen molar-refractivity contribution in [3.05, 3.63) is 83.1 Å². The van der Waals surface area contributed by atoms with E-state index in [4.69, 9.17) is 4.74 Å². The lowest BCUT2D eigenvalue weighted by Gasteiger charge is -2.34. The first-order valence-corrected chi connectivity index (χ1v) is 7.91. The average molecular weight is 307 g/mol. The van der Waals surface area contributed by atoms with Crippen LogP contribution in [0.25, 0.3) is 0 Å². The number of allylic oxidation sites excluding steroid dienone is 1. The van der Waals surface area contributed by atoms with E-state index in [-0.39, 0.29) is 5.97 Å². The first-order valence-electron chi connectivity index (χ1n) is 7.91. The van der Waals surface area contributed by atoms with E-state index in [9.17, 15) is 4.79 Å². The zero-order valence-corrected chi connectivity index (χ0v) is 13.4. The maximum atomic E-state index is 11.9. The number of methoxy groups -OCH3 is 1. The molecule has 0 N–H and O–H groups in total. The van der Waals surface area contributed by atoms with Crippen molar-refractivity contribution in [3.63, 3.8) is 0 Å². The summed E-state index contributed by atoms with van der Waals surface area (Å²) in [6.45, 7) is 1.59. The van der Waals surface area contributed by atoms with Crippen LogP contribution in [0.4, 0.5) is 0 Å². The van der Waals surface area contributed by atoms with Gasteiger partial charge in [-0.2, -0.15) is 0 Å². The molecule has 118 valence electrons. The van der Waals surface area contributed by atoms with E-state index in [0.29, 0.717) is 0 Å². The van der Waals surface area contributed by atoms with Crippen LogP contribution in [0.15, 0.2) is 71.9 Å². The predicted molar refractivity (Wildman–Crippen MR) is 90.4 cm³/mol. The molecule has 3 rings (SSSR count). The van der Waals surface area contributed by atoms with E-state index in [2.05, 4.69) is 29.2 Å². The summed E-state index contributed by atoms with van der Waals surface area (Å²) in [4.78, 5) is 14.2. The molecule has 0 saturated carbocycles. The van der Waals surface area contributed by atoms with Crippen LogP contribution in [0.5, 0.6) is 0 Å². The fourth-order valence-electron chi connectivity index (χ4n) is 2.91. The van der Waals surface area contributed by atoms with Gasteiger partial charge < -0.3 is 9.64 Å². The SMILES string of the molecule is COC(=O)C1=C(N(Cc2ccccc2)Cc2ccccc2)CC1. The topological polar surface area (TPSA) is 29.5 Å². The Morgan fingerprint density at radius 3 is 1.83 bits per heavy atom. The number of hydrogen-bond acceptors (Lipinski definition) is 3. The maximum Gasteiger partial charge on any atom is 0.335 e. The number of esters is 1. The number of carbonyl (C=O) groups is 1. The van der Waals surface area contributed by atoms with E-state index in [1.807, 2.05) is 36.4 Å². The number of ether oxygens (including phenoxy) is 1. The van der Waals surface area contributed by atoms with Crippen molar-refractivity contribution in [2.75, 3.05) is 7.11 Å². The van der Waals surface area contributed by atoms with E-state index >= 15 is 0 Å². The first-order chi connectivity index (χ1) is 11.3. The molecule has 0 saturated heterocycles. The molecule has 0 atom stereocenters. The van der Waals surface area contributed by atoms with Gasteiger partial charge in [0.1, 0.15) is 0 Å². The summed E-state index contributed by atoms with van der Waals surface area (Å²) in [7, 11) is 1.45. The highest BCUT2D eigenvalue weighted by Gasteiger charge is 2.28. The molecule has 1 aliphatic rings. The summed E-state index contributed by atoms with van der Waals surface area (Å²) >= 11 is 0. The molecule has 3 heteroatoms. The van der Waals surface area contributed by atoms with Gasteiger partial charge in [0.05, 0.1) is 12.7 Å². The summed E-state index contributed by atoms with van der Waals surface area (Å²) in [5.74, 6) is -0.197. The van der Waals surface area contributed by atoms with Gasteiger partial charge in [-0.3, -0.25) is 0 Å². The minimum absolute atomic E-state index is 0.197. The number of nitrogens with zero attached hydrogens (tertiary/aromatic N) is 1. The fourth-order valence-corrected chi connectivity index (χ4v) is 2.91. The minimum Gasteiger partial charge on any atom is -0.466 e. The third-order valence-electron chi connectivity index (χ3n) is 4.21. The summed E-state index contributed by atoms with van der Waals surface area (Å²) in [5.41, 5.74) is 4.42. The molecule has 2 aromatic carbocycles. The van der Waals surface area contributed by atoms with Gasteiger partial charge in [0.2, 0.25) is 0 Å². The van der Waals surface area contributed by atoms with E-state index in [0.717, 1.165) is 37.2 Å². The van der Waals surface area contributed by atoms with Crippen LogP contribution >= 0.6 is 0 Å². The smallest absolute Gasteiger partial charge is 0.335 e. The Morgan fingerprint density at radius 2 is 1.43 bits per heavy atom. The molecule has 0 fully saturated rings. The Morgan fingerprint density at radius 1 is 0.913 bits per heavy atom. The van der Waals surface area contributed by atoms with Crippen molar-refractivity contribution in [1.82, 2.24) is 4.90 Å². The molecule has 0 amide bonds. The van der Waals surface area contributed by atoms with Crippen molar-refractivity contribution in [3.8, 4) is 0 Å². The Labute approximate surface area is 137 Å². The lowest BCUT2D eigenvalue weighted by molar-refractivity contribution is -0.136. The van der Waals surface area contributed by atoms with Crippen LogP contribution < -0.4 is 0 Å². The standard InChI is InChI=1S/C20H21NO2/c1-23-20(22)18-12-13-19(18)21(14-16-8-4-2-5-9-16)15-17-10-6-3-7-11-17/h2-11H,12-15H2,1H3. The first kappa shape index (κ1) is 15.3. The lowest BCUT2D eigenvalue weighted by Crippen LogP contribution is -2.30. The Hall–Kier alpha value is -2.55. The van der Waals surface area contributed by atoms with Crippen LogP contribution in [-0.4, -0.2) is 18.0 Å². The second-order valence-corrected chi connectivity index (χ2v) is 5.74. The molecular formula is C20H21NO2. The van der Waals surface area contributed by atoms with Crippen LogP contribution in [0.3, 0.4) is 0 Å². The maximum absolute atomic E-state index is 11.9. The normalized spacial score (nSPS) is 13.4. The zero-order valence-electron chi connectivity index (χ0n) is 13.4. The van der Waals surface area contributed by atoms with Crippen LogP contribution in [0, 0.1) is 0 Å². The van der Waals surface area contributed by atoms with Gasteiger partial charge in [0, 0.05) is 18.8 Å². The molecule has 1 aliphatic carbocycles. The molecule has 0 aliphatic heterocycles. The van der Waals surface area contributed by atoms with Gasteiger partial charge in [-0.1, -0.05) is 60.7 Å². The predicted octanol–water partition coefficient (Wildman–Crippen LogP) is 3.91. The van der Waals surface area contributed by atoms with Crippen LogP contribution in [0.2, 0.25) is 0 Å². The van der Waals surface area contributed by atoms with Crippen molar-refractivity contribution in [1.29, 1.82) is 0 Å². The average Bonchev–Trinajstić information content (AvgIpc) is 2.55. The third-order valence-corrected chi connectivity index (χ3v) is 4.21. The number of hydrogen-bond donors (Lipinski definition) is 0. The van der Waals surface area contributed by atoms with Gasteiger partial charge in [-0.15, -0.1) is 0 Å². The van der Waals surface area contributed by atoms with Gasteiger partial charge in [0.25, 0.3) is 0 Å². The van der Waals surface area contributed by atoms with Gasteiger partial charge in [-0.25, -0.2) is 4.79 Å². The molecule has 0 unspecified atom stereocenters.